The number of hydrogen-bond donors (Lipinski definition) is 1. The van der Waals surface area contributed by atoms with Gasteiger partial charge in [-0.1, -0.05) is 18.2 Å². The molecule has 1 aromatic heterocycles. The van der Waals surface area contributed by atoms with Crippen LogP contribution in [0.15, 0.2) is 42.7 Å². The molecule has 0 aliphatic heterocycles. The van der Waals surface area contributed by atoms with Crippen molar-refractivity contribution in [2.75, 3.05) is 6.61 Å². The number of aliphatic hydroxyl groups is 1. The van der Waals surface area contributed by atoms with Gasteiger partial charge < -0.3 is 5.11 Å². The minimum absolute atomic E-state index is 0.0967. The topological polar surface area (TPSA) is 56.9 Å². The highest BCUT2D eigenvalue weighted by Crippen LogP contribution is 2.36. The van der Waals surface area contributed by atoms with Gasteiger partial charge in [-0.15, -0.1) is 0 Å². The second-order valence-electron chi connectivity index (χ2n) is 4.65. The molecule has 0 bridgehead atoms. The number of pyridine rings is 1. The minimum Gasteiger partial charge on any atom is -0.396 e. The van der Waals surface area contributed by atoms with Crippen molar-refractivity contribution in [2.24, 2.45) is 0 Å². The van der Waals surface area contributed by atoms with Gasteiger partial charge in [0.05, 0.1) is 12.0 Å². The highest BCUT2D eigenvalue weighted by atomic mass is 19.2. The number of benzene rings is 1. The number of nitrogens with zero attached hydrogens (tertiary/aromatic N) is 2. The fraction of sp³-hybridized carbons (Fsp3) is 0.250. The second kappa shape index (κ2) is 6.91. The number of hydrogen-bond acceptors (Lipinski definition) is 3. The number of nitriles is 1. The first-order chi connectivity index (χ1) is 10.2. The van der Waals surface area contributed by atoms with Crippen molar-refractivity contribution in [3.8, 4) is 6.07 Å². The van der Waals surface area contributed by atoms with E-state index in [4.69, 9.17) is 0 Å². The fourth-order valence-corrected chi connectivity index (χ4v) is 2.40. The zero-order valence-corrected chi connectivity index (χ0v) is 11.2. The molecule has 108 valence electrons. The van der Waals surface area contributed by atoms with Crippen LogP contribution < -0.4 is 0 Å². The van der Waals surface area contributed by atoms with Crippen LogP contribution in [-0.2, 0) is 0 Å². The Balaban J connectivity index is 2.47. The zero-order chi connectivity index (χ0) is 15.2. The smallest absolute Gasteiger partial charge is 0.162 e. The van der Waals surface area contributed by atoms with E-state index in [-0.39, 0.29) is 18.6 Å². The molecule has 21 heavy (non-hydrogen) atoms. The summed E-state index contributed by atoms with van der Waals surface area (Å²) in [6.07, 6.45) is 3.25. The van der Waals surface area contributed by atoms with Crippen LogP contribution in [0.5, 0.6) is 0 Å². The first kappa shape index (κ1) is 15.1. The van der Waals surface area contributed by atoms with Crippen molar-refractivity contribution in [2.45, 2.75) is 18.3 Å². The average Bonchev–Trinajstić information content (AvgIpc) is 2.51. The van der Waals surface area contributed by atoms with Crippen LogP contribution in [0.2, 0.25) is 0 Å². The number of rotatable bonds is 5. The van der Waals surface area contributed by atoms with Crippen LogP contribution in [0.1, 0.15) is 29.4 Å². The van der Waals surface area contributed by atoms with Gasteiger partial charge in [-0.3, -0.25) is 4.98 Å². The van der Waals surface area contributed by atoms with Crippen LogP contribution in [0.4, 0.5) is 8.78 Å². The summed E-state index contributed by atoms with van der Waals surface area (Å²) in [4.78, 5) is 3.95. The molecule has 2 rings (SSSR count). The van der Waals surface area contributed by atoms with Crippen molar-refractivity contribution < 1.29 is 13.9 Å². The van der Waals surface area contributed by atoms with Crippen molar-refractivity contribution in [3.63, 3.8) is 0 Å². The highest BCUT2D eigenvalue weighted by molar-refractivity contribution is 5.32. The van der Waals surface area contributed by atoms with E-state index in [2.05, 4.69) is 11.1 Å². The standard InChI is InChI=1S/C16H14F2N2O/c17-15-5-1-4-13(16(15)18)12(6-8-21)14(9-19)11-3-2-7-20-10-11/h1-5,7,10,12,14,21H,6,8H2/t12-,14-/m1/s1. The lowest BCUT2D eigenvalue weighted by molar-refractivity contribution is 0.270. The molecule has 1 N–H and O–H groups in total. The molecule has 0 amide bonds. The molecule has 0 saturated carbocycles. The molecule has 0 fully saturated rings. The Bertz CT molecular complexity index is 640. The van der Waals surface area contributed by atoms with E-state index in [9.17, 15) is 19.1 Å². The molecule has 0 aliphatic carbocycles. The Labute approximate surface area is 121 Å². The molecule has 0 spiro atoms. The first-order valence-electron chi connectivity index (χ1n) is 6.53. The van der Waals surface area contributed by atoms with Gasteiger partial charge in [0.1, 0.15) is 0 Å². The van der Waals surface area contributed by atoms with E-state index < -0.39 is 23.5 Å². The highest BCUT2D eigenvalue weighted by Gasteiger charge is 2.28. The van der Waals surface area contributed by atoms with Gasteiger partial charge in [0.15, 0.2) is 11.6 Å². The second-order valence-corrected chi connectivity index (χ2v) is 4.65. The Morgan fingerprint density at radius 3 is 2.67 bits per heavy atom. The largest absolute Gasteiger partial charge is 0.396 e. The maximum absolute atomic E-state index is 14.0. The van der Waals surface area contributed by atoms with E-state index in [0.29, 0.717) is 5.56 Å². The van der Waals surface area contributed by atoms with Crippen molar-refractivity contribution in [3.05, 3.63) is 65.5 Å². The summed E-state index contributed by atoms with van der Waals surface area (Å²) in [6, 6.07) is 9.37. The van der Waals surface area contributed by atoms with Gasteiger partial charge in [0.2, 0.25) is 0 Å². The number of aliphatic hydroxyl groups excluding tert-OH is 1. The lowest BCUT2D eigenvalue weighted by Gasteiger charge is -2.22. The summed E-state index contributed by atoms with van der Waals surface area (Å²) in [5.74, 6) is -3.28. The third-order valence-electron chi connectivity index (χ3n) is 3.41. The molecule has 0 radical (unpaired) electrons. The van der Waals surface area contributed by atoms with Crippen molar-refractivity contribution in [1.29, 1.82) is 5.26 Å². The molecular weight excluding hydrogens is 274 g/mol. The predicted octanol–water partition coefficient (Wildman–Crippen LogP) is 3.13. The predicted molar refractivity (Wildman–Crippen MR) is 73.4 cm³/mol. The van der Waals surface area contributed by atoms with E-state index in [1.807, 2.05) is 0 Å². The summed E-state index contributed by atoms with van der Waals surface area (Å²) in [5.41, 5.74) is 0.710. The molecule has 3 nitrogen and oxygen atoms in total. The van der Waals surface area contributed by atoms with Gasteiger partial charge in [-0.2, -0.15) is 5.26 Å². The Kier molecular flexibility index (Phi) is 4.96. The molecule has 1 aromatic carbocycles. The molecule has 0 aliphatic rings. The van der Waals surface area contributed by atoms with Crippen LogP contribution in [-0.4, -0.2) is 16.7 Å². The van der Waals surface area contributed by atoms with Gasteiger partial charge in [-0.25, -0.2) is 8.78 Å². The average molecular weight is 288 g/mol. The summed E-state index contributed by atoms with van der Waals surface area (Å²) in [5, 5.41) is 18.6. The summed E-state index contributed by atoms with van der Waals surface area (Å²) in [7, 11) is 0. The van der Waals surface area contributed by atoms with E-state index in [1.165, 1.54) is 18.3 Å². The van der Waals surface area contributed by atoms with E-state index in [1.54, 1.807) is 18.3 Å². The monoisotopic (exact) mass is 288 g/mol. The SMILES string of the molecule is N#C[C@H](c1cccnc1)[C@H](CCO)c1cccc(F)c1F. The van der Waals surface area contributed by atoms with Crippen LogP contribution >= 0.6 is 0 Å². The van der Waals surface area contributed by atoms with Gasteiger partial charge in [0.25, 0.3) is 0 Å². The molecule has 2 aromatic rings. The van der Waals surface area contributed by atoms with Gasteiger partial charge in [-0.05, 0) is 29.7 Å². The fourth-order valence-electron chi connectivity index (χ4n) is 2.40. The lowest BCUT2D eigenvalue weighted by Crippen LogP contribution is -2.14. The van der Waals surface area contributed by atoms with Crippen LogP contribution in [0, 0.1) is 23.0 Å². The Morgan fingerprint density at radius 1 is 1.24 bits per heavy atom. The van der Waals surface area contributed by atoms with E-state index in [0.717, 1.165) is 6.07 Å². The maximum atomic E-state index is 14.0. The van der Waals surface area contributed by atoms with Gasteiger partial charge in [0, 0.05) is 24.9 Å². The molecule has 5 heteroatoms. The molecular formula is C16H14F2N2O. The van der Waals surface area contributed by atoms with Crippen molar-refractivity contribution in [1.82, 2.24) is 4.98 Å². The third kappa shape index (κ3) is 3.23. The molecule has 0 saturated heterocycles. The Hall–Kier alpha value is -2.32. The summed E-state index contributed by atoms with van der Waals surface area (Å²) in [6.45, 7) is -0.223. The molecule has 1 heterocycles. The van der Waals surface area contributed by atoms with Crippen LogP contribution in [0.25, 0.3) is 0 Å². The molecule has 0 unspecified atom stereocenters. The number of halogens is 2. The first-order valence-corrected chi connectivity index (χ1v) is 6.53. The molecule has 2 atom stereocenters. The third-order valence-corrected chi connectivity index (χ3v) is 3.41. The van der Waals surface area contributed by atoms with Crippen LogP contribution in [0.3, 0.4) is 0 Å². The summed E-state index contributed by atoms with van der Waals surface area (Å²) >= 11 is 0. The Morgan fingerprint density at radius 2 is 2.05 bits per heavy atom. The van der Waals surface area contributed by atoms with Crippen molar-refractivity contribution >= 4 is 0 Å². The quantitative estimate of drug-likeness (QED) is 0.919. The number of aromatic nitrogens is 1. The zero-order valence-electron chi connectivity index (χ0n) is 11.2. The lowest BCUT2D eigenvalue weighted by atomic mass is 9.80. The maximum Gasteiger partial charge on any atom is 0.162 e. The normalized spacial score (nSPS) is 13.4. The van der Waals surface area contributed by atoms with E-state index >= 15 is 0 Å². The van der Waals surface area contributed by atoms with Gasteiger partial charge >= 0.3 is 0 Å². The summed E-state index contributed by atoms with van der Waals surface area (Å²) < 4.78 is 27.4. The minimum atomic E-state index is -0.972.